The van der Waals surface area contributed by atoms with Crippen LogP contribution in [0.4, 0.5) is 0 Å². The van der Waals surface area contributed by atoms with Gasteiger partial charge in [0.1, 0.15) is 5.82 Å². The minimum Gasteiger partial charge on any atom is -0.339 e. The highest BCUT2D eigenvalue weighted by Crippen LogP contribution is 2.34. The number of hydrogen-bond acceptors (Lipinski definition) is 2. The van der Waals surface area contributed by atoms with Crippen molar-refractivity contribution in [1.82, 2.24) is 14.5 Å². The Kier molecular flexibility index (Phi) is 4.36. The minimum absolute atomic E-state index is 0.196. The van der Waals surface area contributed by atoms with Crippen LogP contribution in [0.15, 0.2) is 36.4 Å². The molecule has 2 aromatic rings. The van der Waals surface area contributed by atoms with Gasteiger partial charge in [0.2, 0.25) is 5.91 Å². The molecule has 0 radical (unpaired) electrons. The maximum absolute atomic E-state index is 12.7. The summed E-state index contributed by atoms with van der Waals surface area (Å²) in [7, 11) is 0. The van der Waals surface area contributed by atoms with Crippen LogP contribution in [0.2, 0.25) is 0 Å². The van der Waals surface area contributed by atoms with Crippen LogP contribution in [0.25, 0.3) is 11.0 Å². The molecule has 1 unspecified atom stereocenters. The number of fused-ring (bicyclic) bond motifs is 1. The smallest absolute Gasteiger partial charge is 0.223 e. The molecule has 1 atom stereocenters. The van der Waals surface area contributed by atoms with Crippen LogP contribution in [0.5, 0.6) is 0 Å². The van der Waals surface area contributed by atoms with Crippen LogP contribution in [0.1, 0.15) is 57.2 Å². The Labute approximate surface area is 149 Å². The monoisotopic (exact) mass is 337 g/mol. The van der Waals surface area contributed by atoms with Crippen LogP contribution in [0, 0.1) is 0 Å². The van der Waals surface area contributed by atoms with E-state index in [1.54, 1.807) is 0 Å². The van der Waals surface area contributed by atoms with Crippen LogP contribution >= 0.6 is 0 Å². The molecule has 4 rings (SSSR count). The van der Waals surface area contributed by atoms with Crippen LogP contribution in [0.3, 0.4) is 0 Å². The number of hydrogen-bond donors (Lipinski definition) is 0. The summed E-state index contributed by atoms with van der Waals surface area (Å²) in [6.45, 7) is 7.72. The fourth-order valence-electron chi connectivity index (χ4n) is 4.49. The third kappa shape index (κ3) is 3.10. The second-order valence-corrected chi connectivity index (χ2v) is 7.74. The first-order chi connectivity index (χ1) is 12.1. The molecule has 1 amide bonds. The van der Waals surface area contributed by atoms with Crippen molar-refractivity contribution in [3.8, 4) is 0 Å². The van der Waals surface area contributed by atoms with E-state index in [-0.39, 0.29) is 5.92 Å². The molecule has 0 bridgehead atoms. The van der Waals surface area contributed by atoms with Crippen molar-refractivity contribution in [2.75, 3.05) is 6.54 Å². The highest BCUT2D eigenvalue weighted by atomic mass is 16.2. The molecule has 4 nitrogen and oxygen atoms in total. The van der Waals surface area contributed by atoms with E-state index in [9.17, 15) is 4.79 Å². The van der Waals surface area contributed by atoms with E-state index >= 15 is 0 Å². The van der Waals surface area contributed by atoms with Gasteiger partial charge in [-0.15, -0.1) is 0 Å². The molecule has 2 aliphatic rings. The first-order valence-electron chi connectivity index (χ1n) is 9.52. The van der Waals surface area contributed by atoms with Gasteiger partial charge in [-0.1, -0.05) is 43.5 Å². The van der Waals surface area contributed by atoms with Crippen molar-refractivity contribution < 1.29 is 4.79 Å². The molecule has 4 heteroatoms. The Morgan fingerprint density at radius 2 is 2.00 bits per heavy atom. The summed E-state index contributed by atoms with van der Waals surface area (Å²) in [5.74, 6) is 1.56. The lowest BCUT2D eigenvalue weighted by atomic mass is 9.94. The van der Waals surface area contributed by atoms with E-state index in [1.807, 2.05) is 13.0 Å². The number of rotatable bonds is 4. The van der Waals surface area contributed by atoms with Gasteiger partial charge in [0.15, 0.2) is 0 Å². The average molecular weight is 337 g/mol. The van der Waals surface area contributed by atoms with Crippen molar-refractivity contribution in [1.29, 1.82) is 0 Å². The normalized spacial score (nSPS) is 22.0. The van der Waals surface area contributed by atoms with E-state index in [0.29, 0.717) is 18.4 Å². The summed E-state index contributed by atoms with van der Waals surface area (Å²) in [5, 5.41) is 0. The van der Waals surface area contributed by atoms with Gasteiger partial charge in [0.05, 0.1) is 11.0 Å². The number of carbonyl (C=O) groups is 1. The lowest BCUT2D eigenvalue weighted by molar-refractivity contribution is -0.130. The zero-order chi connectivity index (χ0) is 17.4. The van der Waals surface area contributed by atoms with Gasteiger partial charge in [-0.05, 0) is 31.9 Å². The van der Waals surface area contributed by atoms with E-state index in [2.05, 4.69) is 34.2 Å². The third-order valence-corrected chi connectivity index (χ3v) is 5.65. The maximum Gasteiger partial charge on any atom is 0.223 e. The van der Waals surface area contributed by atoms with Crippen molar-refractivity contribution in [3.63, 3.8) is 0 Å². The number of nitrogens with zero attached hydrogens (tertiary/aromatic N) is 3. The van der Waals surface area contributed by atoms with Crippen molar-refractivity contribution in [2.45, 2.75) is 64.0 Å². The second kappa shape index (κ2) is 6.66. The van der Waals surface area contributed by atoms with Crippen LogP contribution in [-0.4, -0.2) is 32.9 Å². The van der Waals surface area contributed by atoms with E-state index in [4.69, 9.17) is 4.98 Å². The highest BCUT2D eigenvalue weighted by Gasteiger charge is 2.37. The van der Waals surface area contributed by atoms with Gasteiger partial charge >= 0.3 is 0 Å². The zero-order valence-corrected chi connectivity index (χ0v) is 15.1. The van der Waals surface area contributed by atoms with Gasteiger partial charge in [0.25, 0.3) is 0 Å². The number of imidazole rings is 1. The Balaban J connectivity index is 1.65. The topological polar surface area (TPSA) is 38.1 Å². The predicted molar refractivity (Wildman–Crippen MR) is 100 cm³/mol. The minimum atomic E-state index is 0.196. The van der Waals surface area contributed by atoms with E-state index in [0.717, 1.165) is 35.5 Å². The molecule has 1 aliphatic heterocycles. The standard InChI is InChI=1S/C21H27N3O/c1-15(2)13-24-19-11-7-6-10-18(19)22-21(24)16-12-20(25)23(14-16)17-8-4-3-5-9-17/h6-7,10-11,16-17H,1,3-5,8-9,12-14H2,2H3. The second-order valence-electron chi connectivity index (χ2n) is 7.74. The van der Waals surface area contributed by atoms with Crippen LogP contribution < -0.4 is 0 Å². The molecule has 25 heavy (non-hydrogen) atoms. The van der Waals surface area contributed by atoms with Gasteiger partial charge in [-0.2, -0.15) is 0 Å². The Morgan fingerprint density at radius 1 is 1.24 bits per heavy atom. The molecule has 0 N–H and O–H groups in total. The zero-order valence-electron chi connectivity index (χ0n) is 15.1. The van der Waals surface area contributed by atoms with Crippen molar-refractivity contribution in [3.05, 3.63) is 42.2 Å². The molecule has 1 aromatic heterocycles. The van der Waals surface area contributed by atoms with E-state index in [1.165, 1.54) is 32.1 Å². The maximum atomic E-state index is 12.7. The molecule has 0 spiro atoms. The lowest BCUT2D eigenvalue weighted by Crippen LogP contribution is -2.37. The fraction of sp³-hybridized carbons (Fsp3) is 0.524. The number of para-hydroxylation sites is 2. The molecular formula is C21H27N3O. The molecule has 2 fully saturated rings. The predicted octanol–water partition coefficient (Wildman–Crippen LogP) is 4.26. The highest BCUT2D eigenvalue weighted by molar-refractivity contribution is 5.81. The van der Waals surface area contributed by atoms with E-state index < -0.39 is 0 Å². The number of amides is 1. The number of aromatic nitrogens is 2. The number of carbonyl (C=O) groups excluding carboxylic acids is 1. The van der Waals surface area contributed by atoms with Gasteiger partial charge in [0, 0.05) is 31.5 Å². The Hall–Kier alpha value is -2.10. The quantitative estimate of drug-likeness (QED) is 0.782. The van der Waals surface area contributed by atoms with Crippen LogP contribution in [-0.2, 0) is 11.3 Å². The summed E-state index contributed by atoms with van der Waals surface area (Å²) >= 11 is 0. The number of likely N-dealkylation sites (tertiary alicyclic amines) is 1. The van der Waals surface area contributed by atoms with Crippen molar-refractivity contribution in [2.24, 2.45) is 0 Å². The molecule has 1 aliphatic carbocycles. The molecular weight excluding hydrogens is 310 g/mol. The molecule has 132 valence electrons. The Bertz CT molecular complexity index is 801. The fourth-order valence-corrected chi connectivity index (χ4v) is 4.49. The van der Waals surface area contributed by atoms with Gasteiger partial charge < -0.3 is 9.47 Å². The number of benzene rings is 1. The first kappa shape index (κ1) is 16.4. The first-order valence-corrected chi connectivity index (χ1v) is 9.52. The summed E-state index contributed by atoms with van der Waals surface area (Å²) in [6.07, 6.45) is 6.76. The van der Waals surface area contributed by atoms with Gasteiger partial charge in [-0.25, -0.2) is 4.98 Å². The largest absolute Gasteiger partial charge is 0.339 e. The third-order valence-electron chi connectivity index (χ3n) is 5.65. The molecule has 1 saturated heterocycles. The average Bonchev–Trinajstić information content (AvgIpc) is 3.16. The lowest BCUT2D eigenvalue weighted by Gasteiger charge is -2.31. The molecule has 1 aromatic carbocycles. The number of allylic oxidation sites excluding steroid dienone is 1. The van der Waals surface area contributed by atoms with Gasteiger partial charge in [-0.3, -0.25) is 4.79 Å². The summed E-state index contributed by atoms with van der Waals surface area (Å²) in [6, 6.07) is 8.70. The Morgan fingerprint density at radius 3 is 2.76 bits per heavy atom. The summed E-state index contributed by atoms with van der Waals surface area (Å²) in [4.78, 5) is 19.7. The molecule has 1 saturated carbocycles. The molecule has 2 heterocycles. The SMILES string of the molecule is C=C(C)Cn1c(C2CC(=O)N(C3CCCCC3)C2)nc2ccccc21. The van der Waals surface area contributed by atoms with Crippen molar-refractivity contribution >= 4 is 16.9 Å². The summed E-state index contributed by atoms with van der Waals surface area (Å²) < 4.78 is 2.26. The summed E-state index contributed by atoms with van der Waals surface area (Å²) in [5.41, 5.74) is 3.27.